The molecule has 3 rings (SSSR count). The molecule has 7 heteroatoms. The number of benzene rings is 2. The molecule has 0 aromatic heterocycles. The standard InChI is InChI=1S/C21H27N3O4/c1-26-19-6-4-3-5-16(19)9-10-22-21(25)23-18-15-17(7-8-20(18)27-2)24-11-13-28-14-12-24/h3-8,15H,9-14H2,1-2H3,(H2,22,23,25). The Morgan fingerprint density at radius 3 is 2.57 bits per heavy atom. The van der Waals surface area contributed by atoms with Gasteiger partial charge in [-0.25, -0.2) is 4.79 Å². The summed E-state index contributed by atoms with van der Waals surface area (Å²) in [5.41, 5.74) is 2.73. The summed E-state index contributed by atoms with van der Waals surface area (Å²) in [5.74, 6) is 1.45. The van der Waals surface area contributed by atoms with Gasteiger partial charge in [-0.15, -0.1) is 0 Å². The van der Waals surface area contributed by atoms with Crippen molar-refractivity contribution < 1.29 is 19.0 Å². The molecule has 0 unspecified atom stereocenters. The molecule has 0 atom stereocenters. The molecule has 28 heavy (non-hydrogen) atoms. The minimum absolute atomic E-state index is 0.271. The van der Waals surface area contributed by atoms with Crippen LogP contribution in [0.3, 0.4) is 0 Å². The molecule has 1 aliphatic heterocycles. The Hall–Kier alpha value is -2.93. The highest BCUT2D eigenvalue weighted by molar-refractivity contribution is 5.91. The average molecular weight is 385 g/mol. The van der Waals surface area contributed by atoms with Crippen molar-refractivity contribution in [3.05, 3.63) is 48.0 Å². The second-order valence-electron chi connectivity index (χ2n) is 6.43. The van der Waals surface area contributed by atoms with E-state index in [0.717, 1.165) is 30.1 Å². The molecular formula is C21H27N3O4. The number of morpholine rings is 1. The van der Waals surface area contributed by atoms with Gasteiger partial charge in [-0.3, -0.25) is 0 Å². The van der Waals surface area contributed by atoms with E-state index < -0.39 is 0 Å². The van der Waals surface area contributed by atoms with Gasteiger partial charge in [-0.2, -0.15) is 0 Å². The van der Waals surface area contributed by atoms with Crippen molar-refractivity contribution >= 4 is 17.4 Å². The number of nitrogens with one attached hydrogen (secondary N) is 2. The van der Waals surface area contributed by atoms with Crippen LogP contribution in [-0.2, 0) is 11.2 Å². The van der Waals surface area contributed by atoms with Crippen LogP contribution in [0.25, 0.3) is 0 Å². The molecule has 0 aliphatic carbocycles. The summed E-state index contributed by atoms with van der Waals surface area (Å²) in [7, 11) is 3.24. The highest BCUT2D eigenvalue weighted by Gasteiger charge is 2.15. The van der Waals surface area contributed by atoms with E-state index in [-0.39, 0.29) is 6.03 Å². The van der Waals surface area contributed by atoms with Crippen LogP contribution in [0.4, 0.5) is 16.2 Å². The van der Waals surface area contributed by atoms with Crippen LogP contribution >= 0.6 is 0 Å². The number of urea groups is 1. The largest absolute Gasteiger partial charge is 0.496 e. The first-order valence-corrected chi connectivity index (χ1v) is 9.38. The van der Waals surface area contributed by atoms with Crippen LogP contribution in [0.5, 0.6) is 11.5 Å². The highest BCUT2D eigenvalue weighted by Crippen LogP contribution is 2.30. The summed E-state index contributed by atoms with van der Waals surface area (Å²) in [5, 5.41) is 5.78. The predicted octanol–water partition coefficient (Wildman–Crippen LogP) is 2.90. The number of rotatable bonds is 7. The quantitative estimate of drug-likeness (QED) is 0.767. The molecular weight excluding hydrogens is 358 g/mol. The Labute approximate surface area is 165 Å². The van der Waals surface area contributed by atoms with Crippen molar-refractivity contribution in [1.29, 1.82) is 0 Å². The van der Waals surface area contributed by atoms with Crippen LogP contribution in [0.15, 0.2) is 42.5 Å². The van der Waals surface area contributed by atoms with Gasteiger partial charge in [-0.05, 0) is 36.2 Å². The second-order valence-corrected chi connectivity index (χ2v) is 6.43. The Bertz CT molecular complexity index is 791. The predicted molar refractivity (Wildman–Crippen MR) is 110 cm³/mol. The van der Waals surface area contributed by atoms with E-state index >= 15 is 0 Å². The minimum atomic E-state index is -0.271. The van der Waals surface area contributed by atoms with Crippen molar-refractivity contribution in [2.45, 2.75) is 6.42 Å². The fourth-order valence-corrected chi connectivity index (χ4v) is 3.20. The number of anilines is 2. The minimum Gasteiger partial charge on any atom is -0.496 e. The number of amides is 2. The number of carbonyl (C=O) groups is 1. The number of nitrogens with zero attached hydrogens (tertiary/aromatic N) is 1. The van der Waals surface area contributed by atoms with Crippen molar-refractivity contribution in [1.82, 2.24) is 5.32 Å². The maximum absolute atomic E-state index is 12.4. The molecule has 0 spiro atoms. The van der Waals surface area contributed by atoms with Gasteiger partial charge in [0.15, 0.2) is 0 Å². The highest BCUT2D eigenvalue weighted by atomic mass is 16.5. The monoisotopic (exact) mass is 385 g/mol. The first-order chi connectivity index (χ1) is 13.7. The lowest BCUT2D eigenvalue weighted by atomic mass is 10.1. The first-order valence-electron chi connectivity index (χ1n) is 9.38. The van der Waals surface area contributed by atoms with Gasteiger partial charge in [0.25, 0.3) is 0 Å². The zero-order valence-corrected chi connectivity index (χ0v) is 16.4. The molecule has 2 N–H and O–H groups in total. The van der Waals surface area contributed by atoms with E-state index in [1.807, 2.05) is 42.5 Å². The molecule has 0 bridgehead atoms. The summed E-state index contributed by atoms with van der Waals surface area (Å²) in [6.45, 7) is 3.57. The Balaban J connectivity index is 1.59. The molecule has 1 fully saturated rings. The third kappa shape index (κ3) is 5.07. The van der Waals surface area contributed by atoms with Crippen molar-refractivity contribution in [2.75, 3.05) is 57.3 Å². The normalized spacial score (nSPS) is 13.7. The second kappa shape index (κ2) is 9.85. The molecule has 1 heterocycles. The maximum Gasteiger partial charge on any atom is 0.319 e. The van der Waals surface area contributed by atoms with E-state index in [9.17, 15) is 4.79 Å². The summed E-state index contributed by atoms with van der Waals surface area (Å²) in [6.07, 6.45) is 0.683. The molecule has 2 aromatic carbocycles. The van der Waals surface area contributed by atoms with Crippen molar-refractivity contribution in [3.8, 4) is 11.5 Å². The average Bonchev–Trinajstić information content (AvgIpc) is 2.74. The Kier molecular flexibility index (Phi) is 6.97. The molecule has 150 valence electrons. The molecule has 1 aliphatic rings. The lowest BCUT2D eigenvalue weighted by molar-refractivity contribution is 0.122. The topological polar surface area (TPSA) is 72.1 Å². The molecule has 1 saturated heterocycles. The van der Waals surface area contributed by atoms with Crippen molar-refractivity contribution in [2.24, 2.45) is 0 Å². The van der Waals surface area contributed by atoms with E-state index in [4.69, 9.17) is 14.2 Å². The first kappa shape index (κ1) is 19.8. The number of carbonyl (C=O) groups excluding carboxylic acids is 1. The van der Waals surface area contributed by atoms with Gasteiger partial charge in [0, 0.05) is 25.3 Å². The Morgan fingerprint density at radius 2 is 1.82 bits per heavy atom. The molecule has 0 saturated carbocycles. The van der Waals surface area contributed by atoms with E-state index in [1.54, 1.807) is 14.2 Å². The van der Waals surface area contributed by atoms with Gasteiger partial charge < -0.3 is 29.7 Å². The molecule has 0 radical (unpaired) electrons. The van der Waals surface area contributed by atoms with Gasteiger partial charge in [0.05, 0.1) is 33.1 Å². The third-order valence-corrected chi connectivity index (χ3v) is 4.68. The number of ether oxygens (including phenoxy) is 3. The van der Waals surface area contributed by atoms with Crippen LogP contribution in [0.1, 0.15) is 5.56 Å². The van der Waals surface area contributed by atoms with E-state index in [0.29, 0.717) is 37.6 Å². The van der Waals surface area contributed by atoms with Gasteiger partial charge in [0.2, 0.25) is 0 Å². The number of para-hydroxylation sites is 1. The summed E-state index contributed by atoms with van der Waals surface area (Å²) >= 11 is 0. The van der Waals surface area contributed by atoms with Crippen LogP contribution < -0.4 is 25.0 Å². The molecule has 7 nitrogen and oxygen atoms in total. The zero-order chi connectivity index (χ0) is 19.8. The fourth-order valence-electron chi connectivity index (χ4n) is 3.20. The SMILES string of the molecule is COc1ccccc1CCNC(=O)Nc1cc(N2CCOCC2)ccc1OC. The van der Waals surface area contributed by atoms with Gasteiger partial charge >= 0.3 is 6.03 Å². The Morgan fingerprint density at radius 1 is 1.07 bits per heavy atom. The summed E-state index contributed by atoms with van der Waals surface area (Å²) < 4.78 is 16.1. The smallest absolute Gasteiger partial charge is 0.319 e. The maximum atomic E-state index is 12.4. The number of hydrogen-bond donors (Lipinski definition) is 2. The van der Waals surface area contributed by atoms with Crippen LogP contribution in [0, 0.1) is 0 Å². The zero-order valence-electron chi connectivity index (χ0n) is 16.4. The summed E-state index contributed by atoms with van der Waals surface area (Å²) in [6, 6.07) is 13.3. The summed E-state index contributed by atoms with van der Waals surface area (Å²) in [4.78, 5) is 14.6. The number of methoxy groups -OCH3 is 2. The lowest BCUT2D eigenvalue weighted by Gasteiger charge is -2.29. The van der Waals surface area contributed by atoms with Crippen LogP contribution in [-0.4, -0.2) is 53.1 Å². The van der Waals surface area contributed by atoms with E-state index in [1.165, 1.54) is 0 Å². The third-order valence-electron chi connectivity index (χ3n) is 4.68. The molecule has 2 aromatic rings. The van der Waals surface area contributed by atoms with Gasteiger partial charge in [-0.1, -0.05) is 18.2 Å². The number of hydrogen-bond acceptors (Lipinski definition) is 5. The fraction of sp³-hybridized carbons (Fsp3) is 0.381. The van der Waals surface area contributed by atoms with Crippen molar-refractivity contribution in [3.63, 3.8) is 0 Å². The van der Waals surface area contributed by atoms with E-state index in [2.05, 4.69) is 15.5 Å². The van der Waals surface area contributed by atoms with Crippen LogP contribution in [0.2, 0.25) is 0 Å². The molecule has 2 amide bonds. The van der Waals surface area contributed by atoms with Gasteiger partial charge in [0.1, 0.15) is 11.5 Å². The lowest BCUT2D eigenvalue weighted by Crippen LogP contribution is -2.36.